The molecule has 15 heavy (non-hydrogen) atoms. The van der Waals surface area contributed by atoms with Gasteiger partial charge in [0.15, 0.2) is 6.10 Å². The van der Waals surface area contributed by atoms with Gasteiger partial charge in [-0.15, -0.1) is 0 Å². The smallest absolute Gasteiger partial charge is 0.337 e. The molecule has 0 saturated carbocycles. The van der Waals surface area contributed by atoms with Gasteiger partial charge in [-0.25, -0.2) is 4.79 Å². The Bertz CT molecular complexity index is 422. The van der Waals surface area contributed by atoms with Crippen LogP contribution in [0.1, 0.15) is 23.1 Å². The van der Waals surface area contributed by atoms with Crippen LogP contribution in [0.2, 0.25) is 0 Å². The topological polar surface area (TPSA) is 70.4 Å². The molecule has 1 rings (SSSR count). The van der Waals surface area contributed by atoms with E-state index < -0.39 is 12.1 Å². The first-order valence-electron chi connectivity index (χ1n) is 4.09. The van der Waals surface area contributed by atoms with Crippen LogP contribution in [0.15, 0.2) is 4.47 Å². The van der Waals surface area contributed by atoms with Crippen molar-refractivity contribution in [3.05, 3.63) is 25.0 Å². The first-order chi connectivity index (χ1) is 6.86. The Morgan fingerprint density at radius 1 is 1.47 bits per heavy atom. The summed E-state index contributed by atoms with van der Waals surface area (Å²) in [5.41, 5.74) is 1.66. The molecule has 0 radical (unpaired) electrons. The predicted molar refractivity (Wildman–Crippen MR) is 66.7 cm³/mol. The highest BCUT2D eigenvalue weighted by Gasteiger charge is 2.24. The van der Waals surface area contributed by atoms with Gasteiger partial charge in [-0.3, -0.25) is 4.98 Å². The molecule has 0 fully saturated rings. The van der Waals surface area contributed by atoms with E-state index in [0.717, 1.165) is 10.2 Å². The molecule has 1 aromatic heterocycles. The van der Waals surface area contributed by atoms with Crippen LogP contribution in [0.3, 0.4) is 0 Å². The summed E-state index contributed by atoms with van der Waals surface area (Å²) >= 11 is 5.30. The van der Waals surface area contributed by atoms with Crippen LogP contribution in [0.25, 0.3) is 0 Å². The highest BCUT2D eigenvalue weighted by Crippen LogP contribution is 2.30. The van der Waals surface area contributed by atoms with Crippen LogP contribution < -0.4 is 0 Å². The number of hydrogen-bond acceptors (Lipinski definition) is 3. The maximum Gasteiger partial charge on any atom is 0.337 e. The quantitative estimate of drug-likeness (QED) is 0.765. The van der Waals surface area contributed by atoms with Crippen LogP contribution in [0.5, 0.6) is 0 Å². The number of hydrogen-bond donors (Lipinski definition) is 2. The van der Waals surface area contributed by atoms with Crippen LogP contribution in [0, 0.1) is 17.4 Å². The largest absolute Gasteiger partial charge is 0.479 e. The zero-order chi connectivity index (χ0) is 11.7. The summed E-state index contributed by atoms with van der Waals surface area (Å²) in [6.07, 6.45) is -1.53. The summed E-state index contributed by atoms with van der Waals surface area (Å²) < 4.78 is 1.41. The molecule has 1 aromatic rings. The van der Waals surface area contributed by atoms with E-state index in [-0.39, 0.29) is 0 Å². The van der Waals surface area contributed by atoms with E-state index >= 15 is 0 Å². The van der Waals surface area contributed by atoms with Gasteiger partial charge in [0, 0.05) is 14.8 Å². The Hall–Kier alpha value is -0.210. The Balaban J connectivity index is 3.42. The third kappa shape index (κ3) is 2.48. The minimum absolute atomic E-state index is 0.348. The van der Waals surface area contributed by atoms with Crippen molar-refractivity contribution in [2.45, 2.75) is 20.0 Å². The Labute approximate surface area is 109 Å². The molecule has 0 spiro atoms. The van der Waals surface area contributed by atoms with Crippen molar-refractivity contribution in [2.24, 2.45) is 0 Å². The average molecular weight is 386 g/mol. The molecule has 0 saturated heterocycles. The molecule has 6 heteroatoms. The molecule has 82 valence electrons. The number of aliphatic hydroxyl groups excluding tert-OH is 1. The molecule has 0 aliphatic carbocycles. The van der Waals surface area contributed by atoms with Crippen molar-refractivity contribution < 1.29 is 15.0 Å². The molecular weight excluding hydrogens is 377 g/mol. The number of carboxylic acids is 1. The van der Waals surface area contributed by atoms with Crippen LogP contribution >= 0.6 is 38.5 Å². The standard InChI is InChI=1S/C9H9BrINO3/c1-3-5(8(13)9(14)15)7(11)6(10)4(2)12-3/h8,13H,1-2H3,(H,14,15). The number of carboxylic acid groups (broad SMARTS) is 1. The first kappa shape index (κ1) is 12.9. The SMILES string of the molecule is Cc1nc(C)c(C(O)C(=O)O)c(I)c1Br. The summed E-state index contributed by atoms with van der Waals surface area (Å²) in [6, 6.07) is 0. The summed E-state index contributed by atoms with van der Waals surface area (Å²) in [5, 5.41) is 18.3. The van der Waals surface area contributed by atoms with E-state index in [1.807, 2.05) is 29.5 Å². The number of nitrogens with zero attached hydrogens (tertiary/aromatic N) is 1. The third-order valence-corrected chi connectivity index (χ3v) is 4.81. The average Bonchev–Trinajstić information content (AvgIpc) is 2.14. The summed E-state index contributed by atoms with van der Waals surface area (Å²) in [4.78, 5) is 14.9. The maximum atomic E-state index is 10.7. The number of aryl methyl sites for hydroxylation is 2. The Morgan fingerprint density at radius 3 is 2.47 bits per heavy atom. The summed E-state index contributed by atoms with van der Waals surface area (Å²) in [7, 11) is 0. The highest BCUT2D eigenvalue weighted by atomic mass is 127. The summed E-state index contributed by atoms with van der Waals surface area (Å²) in [5.74, 6) is -1.27. The maximum absolute atomic E-state index is 10.7. The van der Waals surface area contributed by atoms with Crippen molar-refractivity contribution in [2.75, 3.05) is 0 Å². The lowest BCUT2D eigenvalue weighted by Gasteiger charge is -2.14. The number of pyridine rings is 1. The fourth-order valence-corrected chi connectivity index (χ4v) is 2.62. The number of rotatable bonds is 2. The molecule has 2 N–H and O–H groups in total. The number of halogens is 2. The van der Waals surface area contributed by atoms with E-state index in [2.05, 4.69) is 20.9 Å². The van der Waals surface area contributed by atoms with Gasteiger partial charge in [0.2, 0.25) is 0 Å². The van der Waals surface area contributed by atoms with Crippen molar-refractivity contribution in [1.82, 2.24) is 4.98 Å². The fraction of sp³-hybridized carbons (Fsp3) is 0.333. The number of aliphatic carboxylic acids is 1. The van der Waals surface area contributed by atoms with Crippen molar-refractivity contribution in [1.29, 1.82) is 0 Å². The zero-order valence-electron chi connectivity index (χ0n) is 8.08. The molecule has 0 aromatic carbocycles. The Kier molecular flexibility index (Phi) is 4.07. The lowest BCUT2D eigenvalue weighted by atomic mass is 10.1. The minimum atomic E-state index is -1.53. The monoisotopic (exact) mass is 385 g/mol. The lowest BCUT2D eigenvalue weighted by Crippen LogP contribution is -2.15. The van der Waals surface area contributed by atoms with E-state index in [1.54, 1.807) is 6.92 Å². The van der Waals surface area contributed by atoms with E-state index in [0.29, 0.717) is 14.8 Å². The van der Waals surface area contributed by atoms with E-state index in [4.69, 9.17) is 5.11 Å². The molecule has 1 heterocycles. The highest BCUT2D eigenvalue weighted by molar-refractivity contribution is 14.1. The van der Waals surface area contributed by atoms with E-state index in [9.17, 15) is 9.90 Å². The van der Waals surface area contributed by atoms with Crippen molar-refractivity contribution in [3.63, 3.8) is 0 Å². The van der Waals surface area contributed by atoms with Gasteiger partial charge in [-0.05, 0) is 52.4 Å². The number of carbonyl (C=O) groups is 1. The first-order valence-corrected chi connectivity index (χ1v) is 5.96. The van der Waals surface area contributed by atoms with Gasteiger partial charge in [-0.1, -0.05) is 0 Å². The molecule has 1 atom stereocenters. The Morgan fingerprint density at radius 2 is 2.00 bits per heavy atom. The van der Waals surface area contributed by atoms with Gasteiger partial charge in [0.1, 0.15) is 0 Å². The van der Waals surface area contributed by atoms with Gasteiger partial charge in [0.25, 0.3) is 0 Å². The number of aromatic nitrogens is 1. The molecular formula is C9H9BrINO3. The molecule has 4 nitrogen and oxygen atoms in total. The van der Waals surface area contributed by atoms with Gasteiger partial charge < -0.3 is 10.2 Å². The zero-order valence-corrected chi connectivity index (χ0v) is 11.8. The molecule has 0 aliphatic rings. The van der Waals surface area contributed by atoms with E-state index in [1.165, 1.54) is 0 Å². The second-order valence-corrected chi connectivity index (χ2v) is 4.94. The predicted octanol–water partition coefficient (Wildman–Crippen LogP) is 2.18. The normalized spacial score (nSPS) is 12.6. The van der Waals surface area contributed by atoms with Crippen LogP contribution in [-0.2, 0) is 4.79 Å². The van der Waals surface area contributed by atoms with Gasteiger partial charge in [0.05, 0.1) is 10.2 Å². The van der Waals surface area contributed by atoms with Crippen molar-refractivity contribution in [3.8, 4) is 0 Å². The number of aliphatic hydroxyl groups is 1. The molecule has 0 bridgehead atoms. The lowest BCUT2D eigenvalue weighted by molar-refractivity contribution is -0.147. The second kappa shape index (κ2) is 4.75. The summed E-state index contributed by atoms with van der Waals surface area (Å²) in [6.45, 7) is 3.50. The van der Waals surface area contributed by atoms with Crippen LogP contribution in [0.4, 0.5) is 0 Å². The second-order valence-electron chi connectivity index (χ2n) is 3.07. The van der Waals surface area contributed by atoms with Gasteiger partial charge >= 0.3 is 5.97 Å². The van der Waals surface area contributed by atoms with Crippen LogP contribution in [-0.4, -0.2) is 21.2 Å². The minimum Gasteiger partial charge on any atom is -0.479 e. The molecule has 0 amide bonds. The molecule has 1 unspecified atom stereocenters. The van der Waals surface area contributed by atoms with Gasteiger partial charge in [-0.2, -0.15) is 0 Å². The fourth-order valence-electron chi connectivity index (χ4n) is 1.24. The third-order valence-electron chi connectivity index (χ3n) is 1.98. The molecule has 0 aliphatic heterocycles. The van der Waals surface area contributed by atoms with Crippen molar-refractivity contribution >= 4 is 44.5 Å².